The van der Waals surface area contributed by atoms with Crippen LogP contribution in [0.5, 0.6) is 0 Å². The van der Waals surface area contributed by atoms with Gasteiger partial charge in [0.25, 0.3) is 0 Å². The minimum atomic E-state index is 0. The highest BCUT2D eigenvalue weighted by molar-refractivity contribution is 5.85. The molecule has 18 heavy (non-hydrogen) atoms. The molecule has 1 heterocycles. The highest BCUT2D eigenvalue weighted by Gasteiger charge is 2.43. The Kier molecular flexibility index (Phi) is 3.84. The molecule has 1 N–H and O–H groups in total. The Morgan fingerprint density at radius 3 is 3.00 bits per heavy atom. The lowest BCUT2D eigenvalue weighted by Crippen LogP contribution is -2.30. The quantitative estimate of drug-likeness (QED) is 0.813. The minimum absolute atomic E-state index is 0. The van der Waals surface area contributed by atoms with Crippen molar-refractivity contribution in [3.63, 3.8) is 0 Å². The standard InChI is InChI=1S/C16H21N.ClH/c1-3-5-12-6-4-7-14-13(12)8-9-16(2)11-17-10-15(14)16;/h3-7,15,17H,8-11H2,1-2H3;1H/b5-3-;. The van der Waals surface area contributed by atoms with E-state index >= 15 is 0 Å². The Bertz CT molecular complexity index is 466. The molecule has 1 aromatic carbocycles. The van der Waals surface area contributed by atoms with Crippen LogP contribution in [0.1, 0.15) is 42.9 Å². The molecule has 0 spiro atoms. The fraction of sp³-hybridized carbons (Fsp3) is 0.500. The molecule has 3 rings (SSSR count). The van der Waals surface area contributed by atoms with E-state index in [-0.39, 0.29) is 12.4 Å². The zero-order valence-corrected chi connectivity index (χ0v) is 12.0. The lowest BCUT2D eigenvalue weighted by molar-refractivity contribution is 0.277. The van der Waals surface area contributed by atoms with Crippen LogP contribution in [0.2, 0.25) is 0 Å². The van der Waals surface area contributed by atoms with Gasteiger partial charge in [-0.25, -0.2) is 0 Å². The van der Waals surface area contributed by atoms with Gasteiger partial charge in [-0.15, -0.1) is 12.4 Å². The van der Waals surface area contributed by atoms with E-state index in [4.69, 9.17) is 0 Å². The molecule has 0 radical (unpaired) electrons. The van der Waals surface area contributed by atoms with Crippen LogP contribution in [0.15, 0.2) is 24.3 Å². The first kappa shape index (κ1) is 13.6. The molecule has 0 saturated carbocycles. The van der Waals surface area contributed by atoms with Crippen molar-refractivity contribution in [3.05, 3.63) is 41.0 Å². The topological polar surface area (TPSA) is 12.0 Å². The first-order valence-corrected chi connectivity index (χ1v) is 6.70. The summed E-state index contributed by atoms with van der Waals surface area (Å²) in [5, 5.41) is 3.58. The van der Waals surface area contributed by atoms with E-state index in [1.807, 2.05) is 0 Å². The zero-order valence-electron chi connectivity index (χ0n) is 11.2. The van der Waals surface area contributed by atoms with Crippen LogP contribution in [0.25, 0.3) is 6.08 Å². The third-order valence-corrected chi connectivity index (χ3v) is 4.63. The Labute approximate surface area is 116 Å². The van der Waals surface area contributed by atoms with Crippen molar-refractivity contribution >= 4 is 18.5 Å². The second kappa shape index (κ2) is 5.07. The van der Waals surface area contributed by atoms with Crippen molar-refractivity contribution in [1.29, 1.82) is 0 Å². The maximum Gasteiger partial charge on any atom is 0.00324 e. The predicted molar refractivity (Wildman–Crippen MR) is 80.4 cm³/mol. The van der Waals surface area contributed by atoms with Crippen LogP contribution in [0.4, 0.5) is 0 Å². The Morgan fingerprint density at radius 1 is 1.39 bits per heavy atom. The molecule has 1 aliphatic heterocycles. The molecule has 1 nitrogen and oxygen atoms in total. The summed E-state index contributed by atoms with van der Waals surface area (Å²) in [6.07, 6.45) is 6.97. The molecule has 1 fully saturated rings. The summed E-state index contributed by atoms with van der Waals surface area (Å²) in [4.78, 5) is 0. The van der Waals surface area contributed by atoms with Gasteiger partial charge in [0.15, 0.2) is 0 Å². The second-order valence-corrected chi connectivity index (χ2v) is 5.75. The summed E-state index contributed by atoms with van der Waals surface area (Å²) in [7, 11) is 0. The predicted octanol–water partition coefficient (Wildman–Crippen LogP) is 3.78. The highest BCUT2D eigenvalue weighted by Crippen LogP contribution is 2.48. The van der Waals surface area contributed by atoms with Gasteiger partial charge < -0.3 is 5.32 Å². The molecule has 2 atom stereocenters. The number of hydrogen-bond acceptors (Lipinski definition) is 1. The number of allylic oxidation sites excluding steroid dienone is 1. The van der Waals surface area contributed by atoms with Crippen molar-refractivity contribution in [2.24, 2.45) is 5.41 Å². The summed E-state index contributed by atoms with van der Waals surface area (Å²) in [5.74, 6) is 0.719. The van der Waals surface area contributed by atoms with E-state index < -0.39 is 0 Å². The molecule has 1 aromatic rings. The van der Waals surface area contributed by atoms with Crippen molar-refractivity contribution < 1.29 is 0 Å². The fourth-order valence-electron chi connectivity index (χ4n) is 3.60. The van der Waals surface area contributed by atoms with E-state index in [0.29, 0.717) is 5.41 Å². The lowest BCUT2D eigenvalue weighted by Gasteiger charge is -2.37. The molecule has 98 valence electrons. The van der Waals surface area contributed by atoms with Gasteiger partial charge in [0.1, 0.15) is 0 Å². The van der Waals surface area contributed by atoms with Crippen LogP contribution in [-0.4, -0.2) is 13.1 Å². The van der Waals surface area contributed by atoms with Gasteiger partial charge in [0.2, 0.25) is 0 Å². The van der Waals surface area contributed by atoms with E-state index in [1.165, 1.54) is 24.9 Å². The average molecular weight is 264 g/mol. The van der Waals surface area contributed by atoms with E-state index in [9.17, 15) is 0 Å². The van der Waals surface area contributed by atoms with Gasteiger partial charge in [-0.3, -0.25) is 0 Å². The summed E-state index contributed by atoms with van der Waals surface area (Å²) < 4.78 is 0. The summed E-state index contributed by atoms with van der Waals surface area (Å²) in [5.41, 5.74) is 5.11. The van der Waals surface area contributed by atoms with Gasteiger partial charge in [-0.2, -0.15) is 0 Å². The molecule has 1 aliphatic carbocycles. The number of nitrogens with one attached hydrogen (secondary N) is 1. The van der Waals surface area contributed by atoms with Gasteiger partial charge in [-0.1, -0.05) is 37.3 Å². The summed E-state index contributed by atoms with van der Waals surface area (Å²) >= 11 is 0. The van der Waals surface area contributed by atoms with Crippen LogP contribution in [-0.2, 0) is 6.42 Å². The molecule has 0 amide bonds. The maximum absolute atomic E-state index is 3.58. The van der Waals surface area contributed by atoms with Crippen LogP contribution in [0.3, 0.4) is 0 Å². The summed E-state index contributed by atoms with van der Waals surface area (Å²) in [6, 6.07) is 6.82. The molecule has 2 heteroatoms. The van der Waals surface area contributed by atoms with Crippen molar-refractivity contribution in [3.8, 4) is 0 Å². The number of fused-ring (bicyclic) bond motifs is 3. The Balaban J connectivity index is 0.00000120. The van der Waals surface area contributed by atoms with Crippen molar-refractivity contribution in [2.75, 3.05) is 13.1 Å². The molecular formula is C16H22ClN. The minimum Gasteiger partial charge on any atom is -0.316 e. The van der Waals surface area contributed by atoms with E-state index in [1.54, 1.807) is 11.1 Å². The number of rotatable bonds is 1. The second-order valence-electron chi connectivity index (χ2n) is 5.75. The van der Waals surface area contributed by atoms with Crippen LogP contribution in [0, 0.1) is 5.41 Å². The monoisotopic (exact) mass is 263 g/mol. The number of hydrogen-bond donors (Lipinski definition) is 1. The van der Waals surface area contributed by atoms with E-state index in [2.05, 4.69) is 49.5 Å². The first-order chi connectivity index (χ1) is 8.24. The van der Waals surface area contributed by atoms with Gasteiger partial charge in [-0.05, 0) is 41.9 Å². The fourth-order valence-corrected chi connectivity index (χ4v) is 3.60. The SMILES string of the molecule is C/C=C\c1cccc2c1CCC1(C)CNCC21.Cl. The molecular weight excluding hydrogens is 242 g/mol. The summed E-state index contributed by atoms with van der Waals surface area (Å²) in [6.45, 7) is 6.89. The van der Waals surface area contributed by atoms with Crippen molar-refractivity contribution in [2.45, 2.75) is 32.6 Å². The Morgan fingerprint density at radius 2 is 2.22 bits per heavy atom. The molecule has 0 bridgehead atoms. The first-order valence-electron chi connectivity index (χ1n) is 6.70. The average Bonchev–Trinajstić information content (AvgIpc) is 2.72. The van der Waals surface area contributed by atoms with E-state index in [0.717, 1.165) is 12.5 Å². The van der Waals surface area contributed by atoms with Gasteiger partial charge in [0, 0.05) is 19.0 Å². The maximum atomic E-state index is 3.58. The third kappa shape index (κ3) is 2.00. The lowest BCUT2D eigenvalue weighted by atomic mass is 9.66. The zero-order chi connectivity index (χ0) is 11.9. The smallest absolute Gasteiger partial charge is 0.00324 e. The number of halogens is 1. The largest absolute Gasteiger partial charge is 0.316 e. The molecule has 1 saturated heterocycles. The van der Waals surface area contributed by atoms with Crippen LogP contribution < -0.4 is 5.32 Å². The normalized spacial score (nSPS) is 29.8. The number of benzene rings is 1. The molecule has 2 unspecified atom stereocenters. The molecule has 2 aliphatic rings. The molecule has 0 aromatic heterocycles. The van der Waals surface area contributed by atoms with Gasteiger partial charge in [0.05, 0.1) is 0 Å². The Hall–Kier alpha value is -0.790. The van der Waals surface area contributed by atoms with Gasteiger partial charge >= 0.3 is 0 Å². The van der Waals surface area contributed by atoms with Crippen molar-refractivity contribution in [1.82, 2.24) is 5.32 Å². The van der Waals surface area contributed by atoms with Crippen LogP contribution >= 0.6 is 12.4 Å². The highest BCUT2D eigenvalue weighted by atomic mass is 35.5. The third-order valence-electron chi connectivity index (χ3n) is 4.63.